The number of carbonyl (C=O) groups excluding carboxylic acids is 1. The number of benzene rings is 1. The molecular formula is C38H57NO2S2. The molecule has 1 N–H and O–H groups in total. The largest absolute Gasteiger partial charge is 0.494 e. The highest BCUT2D eigenvalue weighted by Gasteiger charge is 2.61. The van der Waals surface area contributed by atoms with Crippen LogP contribution in [0.25, 0.3) is 0 Å². The topological polar surface area (TPSA) is 38.3 Å². The van der Waals surface area contributed by atoms with Crippen molar-refractivity contribution in [3.8, 4) is 5.75 Å². The second-order valence-corrected chi connectivity index (χ2v) is 18.2. The molecule has 4 aliphatic carbocycles. The molecule has 238 valence electrons. The van der Waals surface area contributed by atoms with E-state index < -0.39 is 0 Å². The molecule has 0 aromatic heterocycles. The van der Waals surface area contributed by atoms with Crippen LogP contribution in [0.15, 0.2) is 35.9 Å². The van der Waals surface area contributed by atoms with Gasteiger partial charge in [0.25, 0.3) is 0 Å². The SMILES string of the molecule is CCCC(NC(CC)CC)c1cccc(OCCC23CCC4C5CCC6(C=C5C(C)(C)CC4C2CCC3=O)SCCS6)c1. The van der Waals surface area contributed by atoms with Crippen LogP contribution in [0.5, 0.6) is 5.75 Å². The Labute approximate surface area is 270 Å². The summed E-state index contributed by atoms with van der Waals surface area (Å²) >= 11 is 4.41. The maximum Gasteiger partial charge on any atom is 0.139 e. The van der Waals surface area contributed by atoms with Crippen molar-refractivity contribution in [3.63, 3.8) is 0 Å². The zero-order valence-electron chi connectivity index (χ0n) is 27.6. The van der Waals surface area contributed by atoms with Gasteiger partial charge in [-0.3, -0.25) is 4.79 Å². The highest BCUT2D eigenvalue weighted by molar-refractivity contribution is 8.21. The van der Waals surface area contributed by atoms with Crippen molar-refractivity contribution >= 4 is 29.3 Å². The molecule has 1 saturated heterocycles. The highest BCUT2D eigenvalue weighted by atomic mass is 32.2. The van der Waals surface area contributed by atoms with Gasteiger partial charge in [0.2, 0.25) is 0 Å². The van der Waals surface area contributed by atoms with Crippen LogP contribution in [0.2, 0.25) is 0 Å². The maximum atomic E-state index is 13.8. The molecule has 5 aliphatic rings. The minimum Gasteiger partial charge on any atom is -0.494 e. The normalized spacial score (nSPS) is 33.2. The number of ketones is 1. The first-order valence-electron chi connectivity index (χ1n) is 17.8. The molecule has 43 heavy (non-hydrogen) atoms. The third-order valence-corrected chi connectivity index (χ3v) is 15.8. The number of hydrogen-bond acceptors (Lipinski definition) is 5. The molecule has 0 bridgehead atoms. The molecule has 0 amide bonds. The van der Waals surface area contributed by atoms with E-state index >= 15 is 0 Å². The molecule has 6 atom stereocenters. The van der Waals surface area contributed by atoms with Crippen LogP contribution in [0.3, 0.4) is 0 Å². The van der Waals surface area contributed by atoms with E-state index in [1.165, 1.54) is 42.8 Å². The number of rotatable bonds is 11. The van der Waals surface area contributed by atoms with E-state index in [9.17, 15) is 4.79 Å². The van der Waals surface area contributed by atoms with E-state index in [4.69, 9.17) is 4.74 Å². The first kappa shape index (κ1) is 32.0. The summed E-state index contributed by atoms with van der Waals surface area (Å²) in [7, 11) is 0. The van der Waals surface area contributed by atoms with Gasteiger partial charge in [0.15, 0.2) is 0 Å². The average molecular weight is 624 g/mol. The number of allylic oxidation sites excluding steroid dienone is 1. The molecule has 4 fully saturated rings. The van der Waals surface area contributed by atoms with Crippen molar-refractivity contribution in [1.29, 1.82) is 0 Å². The Morgan fingerprint density at radius 2 is 1.81 bits per heavy atom. The minimum absolute atomic E-state index is 0.162. The first-order valence-corrected chi connectivity index (χ1v) is 19.7. The number of hydrogen-bond donors (Lipinski definition) is 1. The van der Waals surface area contributed by atoms with E-state index in [-0.39, 0.29) is 10.8 Å². The van der Waals surface area contributed by atoms with Crippen molar-refractivity contribution < 1.29 is 9.53 Å². The summed E-state index contributed by atoms with van der Waals surface area (Å²) in [5, 5.41) is 3.90. The van der Waals surface area contributed by atoms with Gasteiger partial charge < -0.3 is 10.1 Å². The lowest BCUT2D eigenvalue weighted by atomic mass is 9.47. The number of fused-ring (bicyclic) bond motifs is 5. The highest BCUT2D eigenvalue weighted by Crippen LogP contribution is 2.67. The second kappa shape index (κ2) is 13.1. The summed E-state index contributed by atoms with van der Waals surface area (Å²) in [6.45, 7) is 12.5. The lowest BCUT2D eigenvalue weighted by molar-refractivity contribution is -0.135. The molecule has 1 aliphatic heterocycles. The van der Waals surface area contributed by atoms with E-state index in [0.717, 1.165) is 69.0 Å². The Morgan fingerprint density at radius 1 is 1.02 bits per heavy atom. The van der Waals surface area contributed by atoms with Crippen LogP contribution < -0.4 is 10.1 Å². The van der Waals surface area contributed by atoms with Gasteiger partial charge in [-0.2, -0.15) is 0 Å². The van der Waals surface area contributed by atoms with Crippen LogP contribution in [-0.4, -0.2) is 34.0 Å². The summed E-state index contributed by atoms with van der Waals surface area (Å²) in [6, 6.07) is 9.69. The standard InChI is InChI=1S/C38H57NO2S2/c1-6-10-34(39-27(7-2)8-3)26-11-9-12-28(23-26)41-20-19-37-17-15-29-30-16-18-38(42-21-22-43-38)25-33(30)36(4,5)24-31(29)32(37)13-14-35(37)40/h9,11-12,23,25,27,29-32,34,39H,6-8,10,13-22,24H2,1-5H3. The van der Waals surface area contributed by atoms with Crippen molar-refractivity contribution in [2.45, 2.75) is 128 Å². The fraction of sp³-hybridized carbons (Fsp3) is 0.763. The van der Waals surface area contributed by atoms with Gasteiger partial charge >= 0.3 is 0 Å². The van der Waals surface area contributed by atoms with E-state index in [1.807, 2.05) is 0 Å². The molecule has 6 rings (SSSR count). The second-order valence-electron chi connectivity index (χ2n) is 15.1. The molecule has 0 radical (unpaired) electrons. The van der Waals surface area contributed by atoms with Gasteiger partial charge in [-0.15, -0.1) is 23.5 Å². The Morgan fingerprint density at radius 3 is 2.56 bits per heavy atom. The van der Waals surface area contributed by atoms with Crippen molar-refractivity contribution in [1.82, 2.24) is 5.32 Å². The third-order valence-electron chi connectivity index (χ3n) is 12.4. The van der Waals surface area contributed by atoms with Crippen LogP contribution in [0.4, 0.5) is 0 Å². The lowest BCUT2D eigenvalue weighted by Crippen LogP contribution is -2.52. The zero-order valence-corrected chi connectivity index (χ0v) is 29.2. The van der Waals surface area contributed by atoms with Gasteiger partial charge in [0, 0.05) is 35.4 Å². The Kier molecular flexibility index (Phi) is 9.74. The number of Topliss-reactive ketones (excluding diaryl/α,β-unsaturated/α-hetero) is 1. The van der Waals surface area contributed by atoms with Crippen molar-refractivity contribution in [3.05, 3.63) is 41.5 Å². The summed E-state index contributed by atoms with van der Waals surface area (Å²) < 4.78 is 6.86. The Hall–Kier alpha value is -0.910. The molecule has 3 nitrogen and oxygen atoms in total. The predicted molar refractivity (Wildman–Crippen MR) is 185 cm³/mol. The van der Waals surface area contributed by atoms with Crippen LogP contribution in [0, 0.1) is 34.5 Å². The molecule has 5 heteroatoms. The lowest BCUT2D eigenvalue weighted by Gasteiger charge is -2.58. The number of carbonyl (C=O) groups is 1. The van der Waals surface area contributed by atoms with Crippen LogP contribution in [0.1, 0.15) is 123 Å². The smallest absolute Gasteiger partial charge is 0.139 e. The number of thioether (sulfide) groups is 2. The summed E-state index contributed by atoms with van der Waals surface area (Å²) in [5.41, 5.74) is 3.19. The van der Waals surface area contributed by atoms with Gasteiger partial charge in [-0.1, -0.05) is 64.8 Å². The zero-order chi connectivity index (χ0) is 30.2. The molecule has 6 unspecified atom stereocenters. The van der Waals surface area contributed by atoms with E-state index in [2.05, 4.69) is 93.8 Å². The molecule has 1 aromatic rings. The van der Waals surface area contributed by atoms with Gasteiger partial charge in [0.1, 0.15) is 11.5 Å². The van der Waals surface area contributed by atoms with E-state index in [0.29, 0.717) is 40.4 Å². The fourth-order valence-corrected chi connectivity index (χ4v) is 13.4. The molecule has 1 spiro atoms. The van der Waals surface area contributed by atoms with Gasteiger partial charge in [0.05, 0.1) is 10.7 Å². The predicted octanol–water partition coefficient (Wildman–Crippen LogP) is 10.0. The number of ether oxygens (including phenoxy) is 1. The van der Waals surface area contributed by atoms with Gasteiger partial charge in [-0.05, 0) is 111 Å². The average Bonchev–Trinajstić information content (AvgIpc) is 3.59. The van der Waals surface area contributed by atoms with E-state index in [1.54, 1.807) is 5.57 Å². The summed E-state index contributed by atoms with van der Waals surface area (Å²) in [6.07, 6.45) is 16.4. The summed E-state index contributed by atoms with van der Waals surface area (Å²) in [5.74, 6) is 6.85. The Bertz CT molecular complexity index is 1170. The first-order chi connectivity index (χ1) is 20.7. The molecule has 1 aromatic carbocycles. The molecule has 1 heterocycles. The third kappa shape index (κ3) is 6.14. The Balaban J connectivity index is 1.15. The van der Waals surface area contributed by atoms with Gasteiger partial charge in [-0.25, -0.2) is 0 Å². The van der Waals surface area contributed by atoms with Crippen molar-refractivity contribution in [2.24, 2.45) is 34.5 Å². The summed E-state index contributed by atoms with van der Waals surface area (Å²) in [4.78, 5) is 13.8. The van der Waals surface area contributed by atoms with Crippen molar-refractivity contribution in [2.75, 3.05) is 18.1 Å². The minimum atomic E-state index is -0.162. The number of nitrogens with one attached hydrogen (secondary N) is 1. The van der Waals surface area contributed by atoms with Crippen LogP contribution in [-0.2, 0) is 4.79 Å². The maximum absolute atomic E-state index is 13.8. The quantitative estimate of drug-likeness (QED) is 0.248. The molecule has 3 saturated carbocycles. The monoisotopic (exact) mass is 623 g/mol. The van der Waals surface area contributed by atoms with Crippen LogP contribution >= 0.6 is 23.5 Å². The fourth-order valence-electron chi connectivity index (χ4n) is 10.2. The molecular weight excluding hydrogens is 567 g/mol.